The molecule has 1 aliphatic heterocycles. The van der Waals surface area contributed by atoms with E-state index in [4.69, 9.17) is 20.1 Å². The summed E-state index contributed by atoms with van der Waals surface area (Å²) < 4.78 is 10.3. The van der Waals surface area contributed by atoms with Gasteiger partial charge in [0.15, 0.2) is 0 Å². The molecule has 0 radical (unpaired) electrons. The van der Waals surface area contributed by atoms with Gasteiger partial charge >= 0.3 is 225 Å². The third-order valence-electron chi connectivity index (χ3n) is 8.73. The zero-order valence-corrected chi connectivity index (χ0v) is 26.0. The van der Waals surface area contributed by atoms with Crippen LogP contribution < -0.4 is 9.64 Å². The van der Waals surface area contributed by atoms with E-state index in [9.17, 15) is 0 Å². The minimum Gasteiger partial charge on any atom is -0.328 e. The predicted molar refractivity (Wildman–Crippen MR) is 156 cm³/mol. The standard InChI is InChI=1S/C22H29N2.C10H12O.HNO3.Ru/c1-15-6-16(2)21(17(3)7-15)23-4-5-24(14-23)22-11-18-8-19(12-22)10-20(9-18)13-22;1-8(2)11-10-7-5-4-6-9(10)3;2-1(3)4;/h6-7,11,18-20H,4-5,8-10,12-13H2,1-3H3;3-8H,1-2H3;(H,2,3,4);/q-1;;;/t18?,19-,20+,22?;;;. The quantitative estimate of drug-likeness (QED) is 0.189. The Bertz CT molecular complexity index is 1270. The maximum atomic E-state index is 8.36. The van der Waals surface area contributed by atoms with Gasteiger partial charge in [-0.25, -0.2) is 0 Å². The first-order chi connectivity index (χ1) is 19.0. The number of ether oxygens (including phenoxy) is 1. The number of hydrogen-bond donors (Lipinski definition) is 1. The van der Waals surface area contributed by atoms with E-state index in [1.54, 1.807) is 4.35 Å². The molecule has 2 aromatic rings. The molecule has 0 aromatic heterocycles. The van der Waals surface area contributed by atoms with E-state index in [2.05, 4.69) is 91.8 Å². The normalized spacial score (nSPS) is 27.1. The van der Waals surface area contributed by atoms with Gasteiger partial charge in [0, 0.05) is 0 Å². The fourth-order valence-electron chi connectivity index (χ4n) is 7.92. The van der Waals surface area contributed by atoms with Crippen LogP contribution in [0.4, 0.5) is 5.69 Å². The van der Waals surface area contributed by atoms with Crippen molar-refractivity contribution in [3.8, 4) is 5.75 Å². The Morgan fingerprint density at radius 1 is 1.10 bits per heavy atom. The van der Waals surface area contributed by atoms with E-state index in [0.717, 1.165) is 36.6 Å². The van der Waals surface area contributed by atoms with Crippen molar-refractivity contribution in [2.75, 3.05) is 18.0 Å². The summed E-state index contributed by atoms with van der Waals surface area (Å²) in [6.07, 6.45) is 10.1. The van der Waals surface area contributed by atoms with Crippen molar-refractivity contribution >= 4 is 14.7 Å². The number of hydrogen-bond acceptors (Lipinski definition) is 5. The van der Waals surface area contributed by atoms with Crippen LogP contribution in [0.1, 0.15) is 68.2 Å². The summed E-state index contributed by atoms with van der Waals surface area (Å²) in [5.74, 6) is 3.73. The Morgan fingerprint density at radius 3 is 2.33 bits per heavy atom. The fourth-order valence-corrected chi connectivity index (χ4v) is 10.3. The Balaban J connectivity index is 0.000000758. The van der Waals surface area contributed by atoms with Crippen LogP contribution in [0.25, 0.3) is 0 Å². The van der Waals surface area contributed by atoms with Crippen LogP contribution in [0.3, 0.4) is 0 Å². The molecule has 4 bridgehead atoms. The van der Waals surface area contributed by atoms with E-state index in [0.29, 0.717) is 0 Å². The summed E-state index contributed by atoms with van der Waals surface area (Å²) in [5.41, 5.74) is 7.14. The number of nitrogens with zero attached hydrogens (tertiary/aromatic N) is 3. The number of anilines is 1. The van der Waals surface area contributed by atoms with Gasteiger partial charge in [-0.15, -0.1) is 10.1 Å². The summed E-state index contributed by atoms with van der Waals surface area (Å²) in [6, 6.07) is 13.3. The zero-order chi connectivity index (χ0) is 28.6. The second kappa shape index (κ2) is 11.8. The third kappa shape index (κ3) is 6.08. The van der Waals surface area contributed by atoms with Gasteiger partial charge in [0.25, 0.3) is 5.09 Å². The van der Waals surface area contributed by atoms with Crippen molar-refractivity contribution in [1.82, 2.24) is 4.90 Å². The van der Waals surface area contributed by atoms with E-state index >= 15 is 0 Å². The third-order valence-corrected chi connectivity index (χ3v) is 10.9. The summed E-state index contributed by atoms with van der Waals surface area (Å²) in [7, 11) is 0. The minimum absolute atomic E-state index is 0.119. The fraction of sp³-hybridized carbons (Fsp3) is 0.531. The molecule has 7 rings (SSSR count). The van der Waals surface area contributed by atoms with Gasteiger partial charge < -0.3 is 5.21 Å². The molecule has 1 heterocycles. The largest absolute Gasteiger partial charge is 0.328 e. The molecular weight excluding hydrogens is 591 g/mol. The Kier molecular flexibility index (Phi) is 8.59. The maximum Gasteiger partial charge on any atom is 0.291 e. The molecule has 5 fully saturated rings. The molecule has 2 unspecified atom stereocenters. The summed E-state index contributed by atoms with van der Waals surface area (Å²) >= 11 is -0.119. The predicted octanol–water partition coefficient (Wildman–Crippen LogP) is 5.98. The number of benzene rings is 2. The molecule has 5 aliphatic rings. The molecule has 4 aliphatic carbocycles. The molecule has 0 spiro atoms. The molecule has 7 nitrogen and oxygen atoms in total. The van der Waals surface area contributed by atoms with Crippen LogP contribution in [0.5, 0.6) is 5.75 Å². The van der Waals surface area contributed by atoms with Gasteiger partial charge in [0.1, 0.15) is 0 Å². The second-order valence-corrected chi connectivity index (χ2v) is 14.1. The Labute approximate surface area is 245 Å². The van der Waals surface area contributed by atoms with Gasteiger partial charge in [-0.2, -0.15) is 0 Å². The number of aryl methyl sites for hydroxylation is 3. The van der Waals surface area contributed by atoms with E-state index in [-0.39, 0.29) is 27.9 Å². The van der Waals surface area contributed by atoms with Crippen LogP contribution in [0, 0.1) is 55.1 Å². The van der Waals surface area contributed by atoms with Crippen molar-refractivity contribution in [1.29, 1.82) is 0 Å². The molecule has 1 N–H and O–H groups in total. The summed E-state index contributed by atoms with van der Waals surface area (Å²) in [6.45, 7) is 13.3. The smallest absolute Gasteiger partial charge is 0.291 e. The molecule has 8 heteroatoms. The Morgan fingerprint density at radius 2 is 1.73 bits per heavy atom. The van der Waals surface area contributed by atoms with Crippen LogP contribution in [0.15, 0.2) is 36.4 Å². The molecule has 1 saturated heterocycles. The average Bonchev–Trinajstić information content (AvgIpc) is 3.25. The van der Waals surface area contributed by atoms with Gasteiger partial charge in [0.2, 0.25) is 0 Å². The van der Waals surface area contributed by atoms with Crippen LogP contribution >= 0.6 is 0 Å². The van der Waals surface area contributed by atoms with Crippen LogP contribution in [0.2, 0.25) is 0 Å². The van der Waals surface area contributed by atoms with Gasteiger partial charge in [-0.1, -0.05) is 0 Å². The Hall–Kier alpha value is -2.44. The van der Waals surface area contributed by atoms with Crippen molar-refractivity contribution in [3.05, 3.63) is 75.2 Å². The van der Waals surface area contributed by atoms with Crippen molar-refractivity contribution in [2.24, 2.45) is 17.8 Å². The van der Waals surface area contributed by atoms with Crippen molar-refractivity contribution < 1.29 is 31.3 Å². The van der Waals surface area contributed by atoms with Crippen LogP contribution in [-0.4, -0.2) is 48.9 Å². The average molecular weight is 634 g/mol. The molecule has 40 heavy (non-hydrogen) atoms. The maximum absolute atomic E-state index is 8.36. The summed E-state index contributed by atoms with van der Waals surface area (Å²) in [5, 5.41) is 13.6. The SMILES string of the molecule is Cc1cc(C)c(N2CCN(C34[CH-]C5C[C@H](C[C@H](C5)C3)C4)[C]2=[Ru]=[CH]c2ccccc2OC(C)C)c(C)c1.O=[N+]([O-])O. The minimum atomic E-state index is -1.50. The first-order valence-electron chi connectivity index (χ1n) is 14.4. The monoisotopic (exact) mass is 634 g/mol. The van der Waals surface area contributed by atoms with Crippen molar-refractivity contribution in [2.45, 2.75) is 78.4 Å². The van der Waals surface area contributed by atoms with Gasteiger partial charge in [0.05, 0.1) is 0 Å². The molecule has 218 valence electrons. The van der Waals surface area contributed by atoms with Crippen LogP contribution in [-0.2, 0) is 16.2 Å². The van der Waals surface area contributed by atoms with E-state index < -0.39 is 5.09 Å². The second-order valence-electron chi connectivity index (χ2n) is 12.3. The molecular formula is C32H42N3O4Ru-. The molecule has 4 atom stereocenters. The zero-order valence-electron chi connectivity index (χ0n) is 24.2. The van der Waals surface area contributed by atoms with E-state index in [1.165, 1.54) is 60.0 Å². The molecule has 2 aromatic carbocycles. The first kappa shape index (κ1) is 29.1. The van der Waals surface area contributed by atoms with Crippen molar-refractivity contribution in [3.63, 3.8) is 0 Å². The van der Waals surface area contributed by atoms with Gasteiger partial charge in [-0.05, 0) is 0 Å². The van der Waals surface area contributed by atoms with Gasteiger partial charge in [-0.3, -0.25) is 0 Å². The number of rotatable bonds is 5. The van der Waals surface area contributed by atoms with E-state index in [1.807, 2.05) is 0 Å². The number of para-hydroxylation sites is 1. The topological polar surface area (TPSA) is 79.1 Å². The molecule has 0 amide bonds. The first-order valence-corrected chi connectivity index (χ1v) is 16.3. The summed E-state index contributed by atoms with van der Waals surface area (Å²) in [4.78, 5) is 14.0. The molecule has 4 saturated carbocycles.